The normalized spacial score (nSPS) is 41.2. The summed E-state index contributed by atoms with van der Waals surface area (Å²) in [4.78, 5) is 16.9. The van der Waals surface area contributed by atoms with Gasteiger partial charge in [0, 0.05) is 25.6 Å². The Balaban J connectivity index is 1.87. The number of hydrogen-bond acceptors (Lipinski definition) is 16. The molecule has 46 heavy (non-hydrogen) atoms. The largest absolute Gasteiger partial charge is 0.394 e. The van der Waals surface area contributed by atoms with Gasteiger partial charge in [-0.2, -0.15) is 0 Å². The van der Waals surface area contributed by atoms with Crippen molar-refractivity contribution in [2.75, 3.05) is 32.8 Å². The molecule has 0 bridgehead atoms. The van der Waals surface area contributed by atoms with Crippen molar-refractivity contribution in [2.45, 2.75) is 118 Å². The second-order valence-corrected chi connectivity index (χ2v) is 12.1. The maximum absolute atomic E-state index is 16.6. The lowest BCUT2D eigenvalue weighted by molar-refractivity contribution is -0.315. The van der Waals surface area contributed by atoms with Crippen LogP contribution in [0.2, 0.25) is 0 Å². The molecule has 1 saturated carbocycles. The SMILES string of the molecule is NCCCN=C(N)NC1[C@@H](O)C(OC2[C@H](CC(=O)[C@@H](O)CCN)CC(N)[C@@H](O[C@H]3OC(CN)[C@@H](O)CC3N)[C@@H]2F)O[C@H](CO)[C@H]1O. The van der Waals surface area contributed by atoms with Gasteiger partial charge in [0.05, 0.1) is 37.0 Å². The highest BCUT2D eigenvalue weighted by Crippen LogP contribution is 2.37. The summed E-state index contributed by atoms with van der Waals surface area (Å²) in [6.45, 7) is -0.0694. The summed E-state index contributed by atoms with van der Waals surface area (Å²) in [7, 11) is 0. The van der Waals surface area contributed by atoms with Crippen molar-refractivity contribution in [1.82, 2.24) is 5.32 Å². The highest BCUT2D eigenvalue weighted by atomic mass is 19.1. The van der Waals surface area contributed by atoms with E-state index in [-0.39, 0.29) is 51.3 Å². The number of aliphatic hydroxyl groups is 5. The van der Waals surface area contributed by atoms with Gasteiger partial charge in [0.15, 0.2) is 30.5 Å². The van der Waals surface area contributed by atoms with Crippen molar-refractivity contribution in [3.63, 3.8) is 0 Å². The molecule has 18 nitrogen and oxygen atoms in total. The highest BCUT2D eigenvalue weighted by Gasteiger charge is 2.52. The number of carbonyl (C=O) groups excluding carboxylic acids is 1. The highest BCUT2D eigenvalue weighted by molar-refractivity contribution is 5.83. The van der Waals surface area contributed by atoms with E-state index in [4.69, 9.17) is 53.3 Å². The van der Waals surface area contributed by atoms with Crippen molar-refractivity contribution in [3.05, 3.63) is 0 Å². The number of aliphatic hydroxyl groups excluding tert-OH is 5. The molecule has 18 N–H and O–H groups in total. The van der Waals surface area contributed by atoms with E-state index in [2.05, 4.69) is 10.3 Å². The van der Waals surface area contributed by atoms with Crippen LogP contribution in [0.1, 0.15) is 32.1 Å². The molecular weight excluding hydrogens is 615 g/mol. The zero-order valence-electron chi connectivity index (χ0n) is 25.8. The molecule has 0 spiro atoms. The van der Waals surface area contributed by atoms with Crippen LogP contribution in [-0.2, 0) is 23.7 Å². The van der Waals surface area contributed by atoms with E-state index < -0.39 is 104 Å². The second kappa shape index (κ2) is 18.2. The van der Waals surface area contributed by atoms with E-state index in [0.29, 0.717) is 13.0 Å². The van der Waals surface area contributed by atoms with Crippen molar-refractivity contribution in [3.8, 4) is 0 Å². The van der Waals surface area contributed by atoms with Gasteiger partial charge in [0.1, 0.15) is 30.5 Å². The third-order valence-corrected chi connectivity index (χ3v) is 8.62. The molecule has 268 valence electrons. The number of halogens is 1. The Hall–Kier alpha value is -1.69. The van der Waals surface area contributed by atoms with Crippen LogP contribution in [0.15, 0.2) is 4.99 Å². The molecule has 3 fully saturated rings. The zero-order chi connectivity index (χ0) is 34.1. The average molecular weight is 669 g/mol. The summed E-state index contributed by atoms with van der Waals surface area (Å²) in [5.41, 5.74) is 35.1. The van der Waals surface area contributed by atoms with E-state index in [9.17, 15) is 30.3 Å². The summed E-state index contributed by atoms with van der Waals surface area (Å²) in [5.74, 6) is -1.68. The molecule has 3 aliphatic rings. The minimum absolute atomic E-state index is 0.0128. The maximum atomic E-state index is 16.6. The van der Waals surface area contributed by atoms with Crippen LogP contribution in [0.3, 0.4) is 0 Å². The Kier molecular flexibility index (Phi) is 15.3. The van der Waals surface area contributed by atoms with Gasteiger partial charge in [-0.3, -0.25) is 9.79 Å². The first-order valence-corrected chi connectivity index (χ1v) is 15.7. The number of nitrogens with two attached hydrogens (primary N) is 6. The first kappa shape index (κ1) is 38.8. The van der Waals surface area contributed by atoms with Crippen LogP contribution >= 0.6 is 0 Å². The van der Waals surface area contributed by atoms with Crippen molar-refractivity contribution < 1.29 is 53.7 Å². The monoisotopic (exact) mass is 668 g/mol. The third kappa shape index (κ3) is 9.69. The lowest BCUT2D eigenvalue weighted by Gasteiger charge is -2.48. The van der Waals surface area contributed by atoms with E-state index in [1.807, 2.05) is 0 Å². The maximum Gasteiger partial charge on any atom is 0.188 e. The van der Waals surface area contributed by atoms with Gasteiger partial charge in [-0.1, -0.05) is 0 Å². The number of Topliss-reactive ketones (excluding diaryl/α,β-unsaturated/α-hetero) is 1. The van der Waals surface area contributed by atoms with Gasteiger partial charge < -0.3 is 84.2 Å². The number of guanidine groups is 1. The number of hydrogen-bond donors (Lipinski definition) is 12. The predicted octanol–water partition coefficient (Wildman–Crippen LogP) is -6.07. The van der Waals surface area contributed by atoms with E-state index in [1.54, 1.807) is 0 Å². The van der Waals surface area contributed by atoms with Crippen LogP contribution in [0.25, 0.3) is 0 Å². The van der Waals surface area contributed by atoms with Crippen molar-refractivity contribution in [2.24, 2.45) is 45.3 Å². The fraction of sp³-hybridized carbons (Fsp3) is 0.926. The number of aliphatic imine (C=N–C) groups is 1. The lowest BCUT2D eigenvalue weighted by Crippen LogP contribution is -2.67. The van der Waals surface area contributed by atoms with E-state index in [1.165, 1.54) is 0 Å². The topological polar surface area (TPSA) is 336 Å². The predicted molar refractivity (Wildman–Crippen MR) is 161 cm³/mol. The molecule has 19 heteroatoms. The van der Waals surface area contributed by atoms with Crippen LogP contribution in [0, 0.1) is 5.92 Å². The Labute approximate surface area is 266 Å². The Morgan fingerprint density at radius 3 is 2.28 bits per heavy atom. The second-order valence-electron chi connectivity index (χ2n) is 12.1. The number of rotatable bonds is 15. The Morgan fingerprint density at radius 1 is 0.978 bits per heavy atom. The molecule has 0 aromatic carbocycles. The standard InChI is InChI=1S/C27H53FN8O10/c28-19-23(45-26-22(42)20(21(41)18(10-37)44-26)36-27(34)35-5-1-3-29)11(7-15(39)14(38)2-4-30)6-12(32)24(19)46-25-13(33)8-16(40)17(9-31)43-25/h11-14,16-26,37-38,40-42H,1-10,29-33H2,(H3,34,35,36)/t11-,12?,13?,14-,16-,17?,18+,19+,20?,21+,22+,23?,24+,25+,26?/m0/s1. The molecule has 3 rings (SSSR count). The fourth-order valence-corrected chi connectivity index (χ4v) is 6.01. The third-order valence-electron chi connectivity index (χ3n) is 8.62. The molecule has 0 aromatic rings. The van der Waals surface area contributed by atoms with Crippen LogP contribution in [-0.4, -0.2) is 156 Å². The summed E-state index contributed by atoms with van der Waals surface area (Å²) >= 11 is 0. The first-order valence-electron chi connectivity index (χ1n) is 15.7. The molecule has 2 aliphatic heterocycles. The molecule has 6 unspecified atom stereocenters. The minimum atomic E-state index is -2.06. The quantitative estimate of drug-likeness (QED) is 0.0439. The molecule has 2 saturated heterocycles. The van der Waals surface area contributed by atoms with Gasteiger partial charge in [0.2, 0.25) is 0 Å². The smallest absolute Gasteiger partial charge is 0.188 e. The molecule has 0 radical (unpaired) electrons. The summed E-state index contributed by atoms with van der Waals surface area (Å²) in [6, 6.07) is -3.11. The van der Waals surface area contributed by atoms with Gasteiger partial charge in [0.25, 0.3) is 0 Å². The number of nitrogens with zero attached hydrogens (tertiary/aromatic N) is 1. The molecule has 15 atom stereocenters. The number of carbonyl (C=O) groups is 1. The molecule has 1 aliphatic carbocycles. The summed E-state index contributed by atoms with van der Waals surface area (Å²) in [6.07, 6.45) is -15.2. The van der Waals surface area contributed by atoms with Gasteiger partial charge in [-0.05, 0) is 44.7 Å². The number of ether oxygens (including phenoxy) is 4. The Morgan fingerprint density at radius 2 is 1.65 bits per heavy atom. The fourth-order valence-electron chi connectivity index (χ4n) is 6.01. The van der Waals surface area contributed by atoms with Gasteiger partial charge in [-0.25, -0.2) is 4.39 Å². The molecular formula is C27H53FN8O10. The van der Waals surface area contributed by atoms with Gasteiger partial charge in [-0.15, -0.1) is 0 Å². The zero-order valence-corrected chi connectivity index (χ0v) is 25.8. The number of alkyl halides is 1. The Bertz CT molecular complexity index is 977. The minimum Gasteiger partial charge on any atom is -0.394 e. The van der Waals surface area contributed by atoms with Crippen LogP contribution in [0.4, 0.5) is 4.39 Å². The number of nitrogens with one attached hydrogen (secondary N) is 1. The summed E-state index contributed by atoms with van der Waals surface area (Å²) in [5, 5.41) is 55.0. The van der Waals surface area contributed by atoms with E-state index in [0.717, 1.165) is 0 Å². The van der Waals surface area contributed by atoms with Crippen molar-refractivity contribution in [1.29, 1.82) is 0 Å². The summed E-state index contributed by atoms with van der Waals surface area (Å²) < 4.78 is 39.9. The van der Waals surface area contributed by atoms with Crippen molar-refractivity contribution >= 4 is 11.7 Å². The van der Waals surface area contributed by atoms with Crippen LogP contribution in [0.5, 0.6) is 0 Å². The van der Waals surface area contributed by atoms with Crippen LogP contribution < -0.4 is 39.7 Å². The molecule has 0 amide bonds. The lowest BCUT2D eigenvalue weighted by atomic mass is 9.77. The molecule has 2 heterocycles. The first-order chi connectivity index (χ1) is 21.9. The molecule has 0 aromatic heterocycles. The van der Waals surface area contributed by atoms with E-state index >= 15 is 4.39 Å². The average Bonchev–Trinajstić information content (AvgIpc) is 3.01. The number of ketones is 1. The van der Waals surface area contributed by atoms with Gasteiger partial charge >= 0.3 is 0 Å².